The lowest BCUT2D eigenvalue weighted by atomic mass is 10.3. The van der Waals surface area contributed by atoms with Crippen molar-refractivity contribution in [3.05, 3.63) is 84.9 Å². The zero-order valence-corrected chi connectivity index (χ0v) is 15.4. The van der Waals surface area contributed by atoms with Gasteiger partial charge in [0, 0.05) is 0 Å². The van der Waals surface area contributed by atoms with Gasteiger partial charge in [-0.2, -0.15) is 0 Å². The molecule has 27 heavy (non-hydrogen) atoms. The summed E-state index contributed by atoms with van der Waals surface area (Å²) in [4.78, 5) is 0.123. The number of sulfonamides is 1. The Labute approximate surface area is 158 Å². The third kappa shape index (κ3) is 3.82. The monoisotopic (exact) mass is 381 g/mol. The first-order valence-corrected chi connectivity index (χ1v) is 10.1. The van der Waals surface area contributed by atoms with Gasteiger partial charge in [-0.05, 0) is 36.4 Å². The van der Waals surface area contributed by atoms with Gasteiger partial charge in [0.1, 0.15) is 23.4 Å². The van der Waals surface area contributed by atoms with Gasteiger partial charge in [-0.15, -0.1) is 0 Å². The van der Waals surface area contributed by atoms with Gasteiger partial charge < -0.3 is 9.47 Å². The van der Waals surface area contributed by atoms with Crippen LogP contribution in [0.4, 0.5) is 11.4 Å². The Hall–Kier alpha value is -2.83. The topological polar surface area (TPSA) is 59.1 Å². The Morgan fingerprint density at radius 3 is 1.93 bits per heavy atom. The number of hydrogen-bond donors (Lipinski definition) is 0. The maximum absolute atomic E-state index is 13.6. The third-order valence-corrected chi connectivity index (χ3v) is 5.97. The summed E-state index contributed by atoms with van der Waals surface area (Å²) in [5, 5.41) is 0. The van der Waals surface area contributed by atoms with Crippen LogP contribution >= 0.6 is 0 Å². The molecule has 4 rings (SSSR count). The maximum atomic E-state index is 13.6. The molecule has 1 atom stereocenters. The average Bonchev–Trinajstić information content (AvgIpc) is 3.53. The Morgan fingerprint density at radius 1 is 0.852 bits per heavy atom. The third-order valence-electron chi connectivity index (χ3n) is 4.18. The van der Waals surface area contributed by atoms with E-state index in [1.807, 2.05) is 36.4 Å². The highest BCUT2D eigenvalue weighted by atomic mass is 32.2. The fourth-order valence-electron chi connectivity index (χ4n) is 2.78. The standard InChI is InChI=1S/C21H19NO4S/c23-27(24,21-14-8-7-13-20(21)26-16-19-15-25-19)22(17-9-3-1-4-10-17)18-11-5-2-6-12-18/h1-14,19H,15-16H2. The number of ether oxygens (including phenoxy) is 2. The molecular weight excluding hydrogens is 362 g/mol. The largest absolute Gasteiger partial charge is 0.489 e. The average molecular weight is 381 g/mol. The van der Waals surface area contributed by atoms with Crippen molar-refractivity contribution in [2.24, 2.45) is 0 Å². The molecule has 1 unspecified atom stereocenters. The van der Waals surface area contributed by atoms with E-state index in [9.17, 15) is 8.42 Å². The summed E-state index contributed by atoms with van der Waals surface area (Å²) in [5.41, 5.74) is 1.12. The van der Waals surface area contributed by atoms with Crippen LogP contribution in [0.2, 0.25) is 0 Å². The van der Waals surface area contributed by atoms with Crippen LogP contribution in [0.3, 0.4) is 0 Å². The molecule has 1 aliphatic heterocycles. The minimum atomic E-state index is -3.90. The van der Waals surface area contributed by atoms with E-state index in [-0.39, 0.29) is 11.0 Å². The van der Waals surface area contributed by atoms with E-state index in [1.54, 1.807) is 48.5 Å². The Morgan fingerprint density at radius 2 is 1.37 bits per heavy atom. The molecule has 0 aromatic heterocycles. The number of nitrogens with zero attached hydrogens (tertiary/aromatic N) is 1. The van der Waals surface area contributed by atoms with Crippen molar-refractivity contribution in [3.63, 3.8) is 0 Å². The number of rotatable bonds is 7. The van der Waals surface area contributed by atoms with Gasteiger partial charge in [-0.25, -0.2) is 12.7 Å². The first-order valence-electron chi connectivity index (χ1n) is 8.65. The van der Waals surface area contributed by atoms with E-state index in [4.69, 9.17) is 9.47 Å². The lowest BCUT2D eigenvalue weighted by Gasteiger charge is -2.25. The molecule has 0 bridgehead atoms. The lowest BCUT2D eigenvalue weighted by molar-refractivity contribution is 0.258. The molecular formula is C21H19NO4S. The molecule has 5 nitrogen and oxygen atoms in total. The van der Waals surface area contributed by atoms with Crippen molar-refractivity contribution < 1.29 is 17.9 Å². The Kier molecular flexibility index (Phi) is 4.83. The molecule has 1 heterocycles. The van der Waals surface area contributed by atoms with E-state index in [0.29, 0.717) is 30.3 Å². The van der Waals surface area contributed by atoms with Crippen molar-refractivity contribution in [2.45, 2.75) is 11.0 Å². The molecule has 3 aromatic rings. The van der Waals surface area contributed by atoms with E-state index < -0.39 is 10.0 Å². The molecule has 0 radical (unpaired) electrons. The minimum Gasteiger partial charge on any atom is -0.489 e. The van der Waals surface area contributed by atoms with Gasteiger partial charge in [0.15, 0.2) is 0 Å². The van der Waals surface area contributed by atoms with Crippen LogP contribution in [0.5, 0.6) is 5.75 Å². The highest BCUT2D eigenvalue weighted by molar-refractivity contribution is 7.93. The summed E-state index contributed by atoms with van der Waals surface area (Å²) in [5.74, 6) is 0.324. The van der Waals surface area contributed by atoms with Gasteiger partial charge in [-0.3, -0.25) is 0 Å². The van der Waals surface area contributed by atoms with E-state index in [1.165, 1.54) is 4.31 Å². The second kappa shape index (κ2) is 7.42. The van der Waals surface area contributed by atoms with Crippen LogP contribution in [-0.4, -0.2) is 27.7 Å². The molecule has 1 fully saturated rings. The Bertz CT molecular complexity index is 963. The van der Waals surface area contributed by atoms with Crippen LogP contribution in [0.15, 0.2) is 89.8 Å². The predicted octanol–water partition coefficient (Wildman–Crippen LogP) is 3.99. The number of hydrogen-bond acceptors (Lipinski definition) is 4. The van der Waals surface area contributed by atoms with Gasteiger partial charge in [0.25, 0.3) is 10.0 Å². The van der Waals surface area contributed by atoms with Crippen LogP contribution in [0.1, 0.15) is 0 Å². The van der Waals surface area contributed by atoms with Crippen LogP contribution in [0.25, 0.3) is 0 Å². The lowest BCUT2D eigenvalue weighted by Crippen LogP contribution is -2.27. The zero-order chi connectivity index (χ0) is 18.7. The summed E-state index contributed by atoms with van der Waals surface area (Å²) in [6.45, 7) is 0.984. The fraction of sp³-hybridized carbons (Fsp3) is 0.143. The van der Waals surface area contributed by atoms with E-state index in [2.05, 4.69) is 0 Å². The first-order chi connectivity index (χ1) is 13.2. The van der Waals surface area contributed by atoms with Crippen molar-refractivity contribution in [1.82, 2.24) is 0 Å². The number of benzene rings is 3. The van der Waals surface area contributed by atoms with Gasteiger partial charge in [0.05, 0.1) is 18.0 Å². The summed E-state index contributed by atoms with van der Waals surface area (Å²) in [6, 6.07) is 24.7. The minimum absolute atomic E-state index is 0.0418. The molecule has 6 heteroatoms. The van der Waals surface area contributed by atoms with Crippen LogP contribution in [-0.2, 0) is 14.8 Å². The molecule has 1 saturated heterocycles. The molecule has 0 aliphatic carbocycles. The van der Waals surface area contributed by atoms with Crippen molar-refractivity contribution in [3.8, 4) is 5.75 Å². The highest BCUT2D eigenvalue weighted by Gasteiger charge is 2.30. The fourth-order valence-corrected chi connectivity index (χ4v) is 4.41. The van der Waals surface area contributed by atoms with E-state index >= 15 is 0 Å². The summed E-state index contributed by atoms with van der Waals surface area (Å²) < 4.78 is 39.5. The first kappa shape index (κ1) is 17.6. The number of anilines is 2. The van der Waals surface area contributed by atoms with E-state index in [0.717, 1.165) is 0 Å². The summed E-state index contributed by atoms with van der Waals surface area (Å²) >= 11 is 0. The van der Waals surface area contributed by atoms with Crippen LogP contribution in [0, 0.1) is 0 Å². The van der Waals surface area contributed by atoms with Crippen molar-refractivity contribution in [2.75, 3.05) is 17.5 Å². The number of epoxide rings is 1. The molecule has 0 saturated carbocycles. The van der Waals surface area contributed by atoms with Gasteiger partial charge in [-0.1, -0.05) is 48.5 Å². The molecule has 1 aliphatic rings. The van der Waals surface area contributed by atoms with Gasteiger partial charge >= 0.3 is 0 Å². The second-order valence-corrected chi connectivity index (χ2v) is 7.91. The molecule has 0 spiro atoms. The SMILES string of the molecule is O=S(=O)(c1ccccc1OCC1CO1)N(c1ccccc1)c1ccccc1. The van der Waals surface area contributed by atoms with Crippen molar-refractivity contribution >= 4 is 21.4 Å². The predicted molar refractivity (Wildman–Crippen MR) is 104 cm³/mol. The molecule has 0 amide bonds. The van der Waals surface area contributed by atoms with Crippen LogP contribution < -0.4 is 9.04 Å². The highest BCUT2D eigenvalue weighted by Crippen LogP contribution is 2.35. The normalized spacial score (nSPS) is 15.9. The second-order valence-electron chi connectivity index (χ2n) is 6.15. The summed E-state index contributed by atoms with van der Waals surface area (Å²) in [7, 11) is -3.90. The zero-order valence-electron chi connectivity index (χ0n) is 14.6. The molecule has 0 N–H and O–H groups in total. The smallest absolute Gasteiger partial charge is 0.272 e. The van der Waals surface area contributed by atoms with Crippen molar-refractivity contribution in [1.29, 1.82) is 0 Å². The quantitative estimate of drug-likeness (QED) is 0.581. The Balaban J connectivity index is 1.80. The maximum Gasteiger partial charge on any atom is 0.272 e. The van der Waals surface area contributed by atoms with Gasteiger partial charge in [0.2, 0.25) is 0 Å². The summed E-state index contributed by atoms with van der Waals surface area (Å²) in [6.07, 6.45) is 0.0418. The number of para-hydroxylation sites is 3. The molecule has 138 valence electrons. The molecule has 3 aromatic carbocycles.